The number of carbonyl (C=O) groups is 2. The Bertz CT molecular complexity index is 228. The molecule has 1 heterocycles. The summed E-state index contributed by atoms with van der Waals surface area (Å²) in [5.41, 5.74) is 0. The highest BCUT2D eigenvalue weighted by Gasteiger charge is 2.27. The van der Waals surface area contributed by atoms with Crippen LogP contribution in [-0.4, -0.2) is 29.9 Å². The fraction of sp³-hybridized carbons (Fsp3) is 0.429. The minimum atomic E-state index is -0.315. The number of hydrogen-bond donors (Lipinski definition) is 0. The summed E-state index contributed by atoms with van der Waals surface area (Å²) >= 11 is 0. The van der Waals surface area contributed by atoms with Crippen LogP contribution in [0, 0.1) is 12.3 Å². The number of nitrogens with zero attached hydrogens (tertiary/aromatic N) is 1. The van der Waals surface area contributed by atoms with Gasteiger partial charge >= 0.3 is 0 Å². The third kappa shape index (κ3) is 1.79. The Morgan fingerprint density at radius 3 is 2.82 bits per heavy atom. The van der Waals surface area contributed by atoms with Crippen LogP contribution in [0.2, 0.25) is 0 Å². The van der Waals surface area contributed by atoms with Gasteiger partial charge in [-0.05, 0) is 0 Å². The zero-order chi connectivity index (χ0) is 8.27. The number of hydrogen-bond acceptors (Lipinski definition) is 3. The third-order valence-electron chi connectivity index (χ3n) is 1.25. The minimum Gasteiger partial charge on any atom is -0.297 e. The average Bonchev–Trinajstić information content (AvgIpc) is 2.26. The van der Waals surface area contributed by atoms with Crippen LogP contribution in [0.3, 0.4) is 0 Å². The highest BCUT2D eigenvalue weighted by Crippen LogP contribution is 2.05. The van der Waals surface area contributed by atoms with E-state index < -0.39 is 0 Å². The van der Waals surface area contributed by atoms with E-state index in [4.69, 9.17) is 11.3 Å². The molecule has 0 aromatic heterocycles. The maximum Gasteiger partial charge on any atom is 0.254 e. The third-order valence-corrected chi connectivity index (χ3v) is 1.25. The summed E-state index contributed by atoms with van der Waals surface area (Å²) in [5.74, 6) is 1.76. The van der Waals surface area contributed by atoms with Gasteiger partial charge in [0.1, 0.15) is 13.2 Å². The summed E-state index contributed by atoms with van der Waals surface area (Å²) in [6, 6.07) is 0. The molecule has 4 nitrogen and oxygen atoms in total. The zero-order valence-electron chi connectivity index (χ0n) is 5.87. The van der Waals surface area contributed by atoms with Crippen molar-refractivity contribution in [3.63, 3.8) is 0 Å². The van der Waals surface area contributed by atoms with E-state index in [0.29, 0.717) is 0 Å². The molecule has 1 aliphatic rings. The number of rotatable bonds is 2. The van der Waals surface area contributed by atoms with E-state index in [2.05, 4.69) is 5.92 Å². The van der Waals surface area contributed by atoms with Crippen LogP contribution >= 0.6 is 0 Å². The first kappa shape index (κ1) is 7.76. The predicted molar refractivity (Wildman–Crippen MR) is 36.1 cm³/mol. The van der Waals surface area contributed by atoms with Gasteiger partial charge in [-0.25, -0.2) is 5.06 Å². The van der Waals surface area contributed by atoms with Gasteiger partial charge < -0.3 is 0 Å². The standard InChI is InChI=1S/C7H7NO3/c1-2-3-11-8-5-6(9)4-7(8)10/h1H,3-5H2. The van der Waals surface area contributed by atoms with Crippen LogP contribution in [0.4, 0.5) is 0 Å². The average molecular weight is 153 g/mol. The van der Waals surface area contributed by atoms with Crippen molar-refractivity contribution in [2.75, 3.05) is 13.2 Å². The number of carbonyl (C=O) groups excluding carboxylic acids is 2. The number of ketones is 1. The summed E-state index contributed by atoms with van der Waals surface area (Å²) in [7, 11) is 0. The normalized spacial score (nSPS) is 17.2. The second-order valence-corrected chi connectivity index (χ2v) is 2.12. The van der Waals surface area contributed by atoms with E-state index >= 15 is 0 Å². The molecule has 1 aliphatic heterocycles. The lowest BCUT2D eigenvalue weighted by Crippen LogP contribution is -2.25. The lowest BCUT2D eigenvalue weighted by atomic mass is 10.3. The lowest BCUT2D eigenvalue weighted by molar-refractivity contribution is -0.172. The van der Waals surface area contributed by atoms with Crippen LogP contribution in [0.5, 0.6) is 0 Å². The Morgan fingerprint density at radius 2 is 2.36 bits per heavy atom. The van der Waals surface area contributed by atoms with Gasteiger partial charge in [-0.1, -0.05) is 5.92 Å². The number of hydroxylamine groups is 2. The quantitative estimate of drug-likeness (QED) is 0.391. The van der Waals surface area contributed by atoms with Crippen molar-refractivity contribution in [3.8, 4) is 12.3 Å². The van der Waals surface area contributed by atoms with Gasteiger partial charge in [0.2, 0.25) is 0 Å². The molecule has 0 aromatic rings. The molecule has 0 aliphatic carbocycles. The van der Waals surface area contributed by atoms with Gasteiger partial charge in [0.25, 0.3) is 5.91 Å². The van der Waals surface area contributed by atoms with E-state index in [-0.39, 0.29) is 31.3 Å². The van der Waals surface area contributed by atoms with E-state index in [1.165, 1.54) is 0 Å². The first-order valence-corrected chi connectivity index (χ1v) is 3.12. The molecule has 0 N–H and O–H groups in total. The van der Waals surface area contributed by atoms with E-state index in [9.17, 15) is 9.59 Å². The summed E-state index contributed by atoms with van der Waals surface area (Å²) in [6.07, 6.45) is 4.82. The molecule has 0 radical (unpaired) electrons. The van der Waals surface area contributed by atoms with Crippen LogP contribution in [-0.2, 0) is 14.4 Å². The SMILES string of the molecule is C#CCON1CC(=O)CC1=O. The molecule has 0 saturated carbocycles. The Kier molecular flexibility index (Phi) is 2.24. The van der Waals surface area contributed by atoms with Crippen LogP contribution in [0.25, 0.3) is 0 Å². The van der Waals surface area contributed by atoms with Gasteiger partial charge in [-0.2, -0.15) is 0 Å². The van der Waals surface area contributed by atoms with Gasteiger partial charge in [0, 0.05) is 0 Å². The van der Waals surface area contributed by atoms with Gasteiger partial charge in [-0.15, -0.1) is 6.42 Å². The second kappa shape index (κ2) is 3.17. The first-order chi connectivity index (χ1) is 5.24. The Morgan fingerprint density at radius 1 is 1.64 bits per heavy atom. The highest BCUT2D eigenvalue weighted by atomic mass is 16.7. The maximum atomic E-state index is 10.8. The number of Topliss-reactive ketones (excluding diaryl/α,β-unsaturated/α-hetero) is 1. The van der Waals surface area contributed by atoms with Crippen molar-refractivity contribution in [3.05, 3.63) is 0 Å². The second-order valence-electron chi connectivity index (χ2n) is 2.12. The fourth-order valence-corrected chi connectivity index (χ4v) is 0.794. The fourth-order valence-electron chi connectivity index (χ4n) is 0.794. The molecule has 0 bridgehead atoms. The van der Waals surface area contributed by atoms with Crippen LogP contribution in [0.1, 0.15) is 6.42 Å². The molecule has 1 saturated heterocycles. The van der Waals surface area contributed by atoms with Gasteiger partial charge in [0.05, 0.1) is 6.42 Å². The number of amides is 1. The van der Waals surface area contributed by atoms with Crippen molar-refractivity contribution in [1.29, 1.82) is 0 Å². The molecule has 1 rings (SSSR count). The highest BCUT2D eigenvalue weighted by molar-refractivity contribution is 6.04. The van der Waals surface area contributed by atoms with Crippen molar-refractivity contribution >= 4 is 11.7 Å². The van der Waals surface area contributed by atoms with Crippen molar-refractivity contribution in [1.82, 2.24) is 5.06 Å². The Hall–Kier alpha value is -1.34. The minimum absolute atomic E-state index is 0.0268. The summed E-state index contributed by atoms with van der Waals surface area (Å²) < 4.78 is 0. The van der Waals surface area contributed by atoms with E-state index in [1.807, 2.05) is 0 Å². The molecule has 0 spiro atoms. The molecule has 11 heavy (non-hydrogen) atoms. The van der Waals surface area contributed by atoms with Gasteiger partial charge in [-0.3, -0.25) is 14.4 Å². The summed E-state index contributed by atoms with van der Waals surface area (Å²) in [6.45, 7) is 0.0551. The molecule has 0 aromatic carbocycles. The lowest BCUT2D eigenvalue weighted by Gasteiger charge is -2.10. The number of terminal acetylenes is 1. The van der Waals surface area contributed by atoms with E-state index in [1.54, 1.807) is 0 Å². The van der Waals surface area contributed by atoms with Crippen molar-refractivity contribution < 1.29 is 14.4 Å². The topological polar surface area (TPSA) is 46.6 Å². The molecule has 4 heteroatoms. The monoisotopic (exact) mass is 153 g/mol. The molecule has 1 fully saturated rings. The Labute approximate surface area is 64.1 Å². The first-order valence-electron chi connectivity index (χ1n) is 3.12. The smallest absolute Gasteiger partial charge is 0.254 e. The molecule has 58 valence electrons. The van der Waals surface area contributed by atoms with Gasteiger partial charge in [0.15, 0.2) is 5.78 Å². The van der Waals surface area contributed by atoms with E-state index in [0.717, 1.165) is 5.06 Å². The van der Waals surface area contributed by atoms with Crippen LogP contribution in [0.15, 0.2) is 0 Å². The molecular formula is C7H7NO3. The maximum absolute atomic E-state index is 10.8. The van der Waals surface area contributed by atoms with Crippen molar-refractivity contribution in [2.24, 2.45) is 0 Å². The molecule has 0 unspecified atom stereocenters. The van der Waals surface area contributed by atoms with Crippen molar-refractivity contribution in [2.45, 2.75) is 6.42 Å². The molecule has 0 atom stereocenters. The zero-order valence-corrected chi connectivity index (χ0v) is 5.87. The molecular weight excluding hydrogens is 146 g/mol. The Balaban J connectivity index is 2.42. The predicted octanol–water partition coefficient (Wildman–Crippen LogP) is -0.647. The summed E-state index contributed by atoms with van der Waals surface area (Å²) in [4.78, 5) is 26.2. The summed E-state index contributed by atoms with van der Waals surface area (Å²) in [5, 5.41) is 1.00. The molecule has 1 amide bonds. The van der Waals surface area contributed by atoms with Crippen LogP contribution < -0.4 is 0 Å². The largest absolute Gasteiger partial charge is 0.297 e.